The van der Waals surface area contributed by atoms with Crippen LogP contribution in [0.5, 0.6) is 11.5 Å². The molecule has 2 aromatic rings. The summed E-state index contributed by atoms with van der Waals surface area (Å²) < 4.78 is 10.6. The Hall–Kier alpha value is -3.55. The molecule has 0 saturated carbocycles. The minimum Gasteiger partial charge on any atom is -0.493 e. The number of rotatable bonds is 8. The van der Waals surface area contributed by atoms with Crippen LogP contribution >= 0.6 is 0 Å². The summed E-state index contributed by atoms with van der Waals surface area (Å²) in [5, 5.41) is 2.74. The minimum absolute atomic E-state index is 0.0313. The van der Waals surface area contributed by atoms with Gasteiger partial charge in [0.05, 0.1) is 26.2 Å². The zero-order chi connectivity index (χ0) is 21.2. The average molecular weight is 399 g/mol. The van der Waals surface area contributed by atoms with Gasteiger partial charge >= 0.3 is 0 Å². The molecule has 0 aliphatic rings. The normalized spacial score (nSPS) is 11.1. The van der Waals surface area contributed by atoms with Gasteiger partial charge in [-0.1, -0.05) is 30.3 Å². The molecule has 2 aromatic carbocycles. The maximum absolute atomic E-state index is 12.3. The number of hydrogen-bond acceptors (Lipinski definition) is 5. The van der Waals surface area contributed by atoms with Gasteiger partial charge in [-0.15, -0.1) is 0 Å². The molecular formula is C21H25N3O5. The molecule has 3 amide bonds. The van der Waals surface area contributed by atoms with Crippen LogP contribution in [0.4, 0.5) is 0 Å². The average Bonchev–Trinajstić information content (AvgIpc) is 2.72. The zero-order valence-corrected chi connectivity index (χ0v) is 16.7. The van der Waals surface area contributed by atoms with Gasteiger partial charge in [0.15, 0.2) is 11.5 Å². The summed E-state index contributed by atoms with van der Waals surface area (Å²) in [6.07, 6.45) is -0.0313. The monoisotopic (exact) mass is 399 g/mol. The summed E-state index contributed by atoms with van der Waals surface area (Å²) in [5.41, 5.74) is 5.82. The van der Waals surface area contributed by atoms with Crippen molar-refractivity contribution in [3.05, 3.63) is 59.7 Å². The second kappa shape index (κ2) is 10.7. The first kappa shape index (κ1) is 21.7. The van der Waals surface area contributed by atoms with Gasteiger partial charge in [0.1, 0.15) is 0 Å². The summed E-state index contributed by atoms with van der Waals surface area (Å²) in [7, 11) is 1.48. The number of amides is 3. The van der Waals surface area contributed by atoms with Crippen LogP contribution in [-0.4, -0.2) is 31.4 Å². The van der Waals surface area contributed by atoms with Gasteiger partial charge in [-0.3, -0.25) is 25.2 Å². The van der Waals surface area contributed by atoms with Crippen molar-refractivity contribution in [3.8, 4) is 11.5 Å². The van der Waals surface area contributed by atoms with Crippen molar-refractivity contribution in [2.45, 2.75) is 26.3 Å². The summed E-state index contributed by atoms with van der Waals surface area (Å²) in [4.78, 5) is 36.1. The number of methoxy groups -OCH3 is 1. The van der Waals surface area contributed by atoms with Gasteiger partial charge in [-0.2, -0.15) is 0 Å². The fourth-order valence-electron chi connectivity index (χ4n) is 2.70. The predicted octanol–water partition coefficient (Wildman–Crippen LogP) is 2.12. The van der Waals surface area contributed by atoms with Crippen LogP contribution in [-0.2, 0) is 9.59 Å². The van der Waals surface area contributed by atoms with Crippen molar-refractivity contribution in [2.75, 3.05) is 13.7 Å². The maximum Gasteiger partial charge on any atom is 0.269 e. The summed E-state index contributed by atoms with van der Waals surface area (Å²) in [6, 6.07) is 13.3. The number of hydrogen-bond donors (Lipinski definition) is 3. The third kappa shape index (κ3) is 6.53. The Morgan fingerprint density at radius 3 is 2.34 bits per heavy atom. The Morgan fingerprint density at radius 2 is 1.72 bits per heavy atom. The molecule has 29 heavy (non-hydrogen) atoms. The van der Waals surface area contributed by atoms with E-state index in [1.807, 2.05) is 37.3 Å². The van der Waals surface area contributed by atoms with E-state index in [1.54, 1.807) is 12.1 Å². The number of carbonyl (C=O) groups is 3. The van der Waals surface area contributed by atoms with Gasteiger partial charge in [0.25, 0.3) is 5.91 Å². The first-order chi connectivity index (χ1) is 13.9. The molecule has 0 spiro atoms. The first-order valence-electron chi connectivity index (χ1n) is 9.16. The molecule has 2 rings (SSSR count). The highest BCUT2D eigenvalue weighted by Crippen LogP contribution is 2.27. The molecule has 0 unspecified atom stereocenters. The van der Waals surface area contributed by atoms with Crippen molar-refractivity contribution in [1.29, 1.82) is 0 Å². The Balaban J connectivity index is 1.98. The molecular weight excluding hydrogens is 374 g/mol. The van der Waals surface area contributed by atoms with Crippen LogP contribution in [0.2, 0.25) is 0 Å². The summed E-state index contributed by atoms with van der Waals surface area (Å²) in [6.45, 7) is 3.70. The molecule has 0 aliphatic carbocycles. The smallest absolute Gasteiger partial charge is 0.269 e. The van der Waals surface area contributed by atoms with Crippen LogP contribution in [0.25, 0.3) is 0 Å². The van der Waals surface area contributed by atoms with Crippen LogP contribution in [0, 0.1) is 0 Å². The molecule has 0 saturated heterocycles. The van der Waals surface area contributed by atoms with Crippen LogP contribution in [0.1, 0.15) is 42.2 Å². The lowest BCUT2D eigenvalue weighted by Crippen LogP contribution is -2.43. The summed E-state index contributed by atoms with van der Waals surface area (Å²) in [5.74, 6) is -0.260. The van der Waals surface area contributed by atoms with E-state index in [1.165, 1.54) is 20.1 Å². The highest BCUT2D eigenvalue weighted by atomic mass is 16.5. The zero-order valence-electron chi connectivity index (χ0n) is 16.7. The van der Waals surface area contributed by atoms with E-state index < -0.39 is 17.9 Å². The molecule has 0 aliphatic heterocycles. The predicted molar refractivity (Wildman–Crippen MR) is 107 cm³/mol. The van der Waals surface area contributed by atoms with E-state index in [4.69, 9.17) is 9.47 Å². The summed E-state index contributed by atoms with van der Waals surface area (Å²) >= 11 is 0. The van der Waals surface area contributed by atoms with E-state index in [9.17, 15) is 14.4 Å². The van der Waals surface area contributed by atoms with E-state index in [2.05, 4.69) is 16.2 Å². The van der Waals surface area contributed by atoms with Gasteiger partial charge in [-0.25, -0.2) is 0 Å². The lowest BCUT2D eigenvalue weighted by Gasteiger charge is -2.18. The third-order valence-corrected chi connectivity index (χ3v) is 4.01. The van der Waals surface area contributed by atoms with E-state index >= 15 is 0 Å². The molecule has 0 aromatic heterocycles. The highest BCUT2D eigenvalue weighted by molar-refractivity contribution is 5.96. The largest absolute Gasteiger partial charge is 0.493 e. The highest BCUT2D eigenvalue weighted by Gasteiger charge is 2.18. The number of benzene rings is 2. The second-order valence-electron chi connectivity index (χ2n) is 6.17. The Labute approximate surface area is 169 Å². The molecule has 0 radical (unpaired) electrons. The third-order valence-electron chi connectivity index (χ3n) is 4.01. The van der Waals surface area contributed by atoms with E-state index in [0.29, 0.717) is 23.7 Å². The van der Waals surface area contributed by atoms with Crippen molar-refractivity contribution in [1.82, 2.24) is 16.2 Å². The molecule has 8 nitrogen and oxygen atoms in total. The molecule has 1 atom stereocenters. The van der Waals surface area contributed by atoms with Crippen molar-refractivity contribution >= 4 is 17.7 Å². The van der Waals surface area contributed by atoms with Crippen molar-refractivity contribution in [2.24, 2.45) is 0 Å². The Morgan fingerprint density at radius 1 is 1.00 bits per heavy atom. The van der Waals surface area contributed by atoms with E-state index in [-0.39, 0.29) is 12.3 Å². The van der Waals surface area contributed by atoms with Gasteiger partial charge < -0.3 is 14.8 Å². The quantitative estimate of drug-likeness (QED) is 0.590. The fraction of sp³-hybridized carbons (Fsp3) is 0.286. The molecule has 154 valence electrons. The van der Waals surface area contributed by atoms with Crippen LogP contribution < -0.4 is 25.6 Å². The number of carbonyl (C=O) groups excluding carboxylic acids is 3. The number of ether oxygens (including phenoxy) is 2. The Bertz CT molecular complexity index is 855. The van der Waals surface area contributed by atoms with Gasteiger partial charge in [-0.05, 0) is 30.7 Å². The van der Waals surface area contributed by atoms with E-state index in [0.717, 1.165) is 5.56 Å². The number of hydrazine groups is 1. The molecule has 3 N–H and O–H groups in total. The molecule has 0 bridgehead atoms. The first-order valence-corrected chi connectivity index (χ1v) is 9.16. The van der Waals surface area contributed by atoms with Crippen molar-refractivity contribution in [3.63, 3.8) is 0 Å². The van der Waals surface area contributed by atoms with Gasteiger partial charge in [0.2, 0.25) is 11.8 Å². The topological polar surface area (TPSA) is 106 Å². The van der Waals surface area contributed by atoms with Crippen LogP contribution in [0.15, 0.2) is 48.5 Å². The molecule has 0 heterocycles. The molecule has 8 heteroatoms. The SMILES string of the molecule is CCOc1ccc(C(=O)NNC(=O)C[C@H](NC(C)=O)c2ccccc2)cc1OC. The lowest BCUT2D eigenvalue weighted by molar-refractivity contribution is -0.123. The maximum atomic E-state index is 12.3. The lowest BCUT2D eigenvalue weighted by atomic mass is 10.0. The van der Waals surface area contributed by atoms with Gasteiger partial charge in [0, 0.05) is 12.5 Å². The molecule has 0 fully saturated rings. The minimum atomic E-state index is -0.504. The van der Waals surface area contributed by atoms with Crippen LogP contribution in [0.3, 0.4) is 0 Å². The van der Waals surface area contributed by atoms with Crippen molar-refractivity contribution < 1.29 is 23.9 Å². The second-order valence-corrected chi connectivity index (χ2v) is 6.17. The fourth-order valence-corrected chi connectivity index (χ4v) is 2.70. The Kier molecular flexibility index (Phi) is 8.02. The standard InChI is InChI=1S/C21H25N3O5/c1-4-29-18-11-10-16(12-19(18)28-3)21(27)24-23-20(26)13-17(22-14(2)25)15-8-6-5-7-9-15/h5-12,17H,4,13H2,1-3H3,(H,22,25)(H,23,26)(H,24,27)/t17-/m0/s1. The number of nitrogens with one attached hydrogen (secondary N) is 3.